The van der Waals surface area contributed by atoms with Crippen molar-refractivity contribution in [2.45, 2.75) is 27.2 Å². The number of halogens is 1. The first-order valence-corrected chi connectivity index (χ1v) is 10.3. The van der Waals surface area contributed by atoms with Crippen LogP contribution in [0.5, 0.6) is 0 Å². The van der Waals surface area contributed by atoms with Gasteiger partial charge in [0.2, 0.25) is 5.13 Å². The van der Waals surface area contributed by atoms with Crippen LogP contribution in [-0.4, -0.2) is 10.7 Å². The fourth-order valence-electron chi connectivity index (χ4n) is 2.63. The van der Waals surface area contributed by atoms with Crippen LogP contribution >= 0.6 is 27.3 Å². The van der Waals surface area contributed by atoms with Gasteiger partial charge in [-0.15, -0.1) is 11.3 Å². The third-order valence-electron chi connectivity index (χ3n) is 3.98. The summed E-state index contributed by atoms with van der Waals surface area (Å²) in [5.74, 6) is 0.669. The number of anilines is 1. The number of aromatic nitrogens is 1. The van der Waals surface area contributed by atoms with Gasteiger partial charge < -0.3 is 0 Å². The van der Waals surface area contributed by atoms with Gasteiger partial charge in [-0.2, -0.15) is 5.10 Å². The number of nitrogens with one attached hydrogen (secondary N) is 1. The summed E-state index contributed by atoms with van der Waals surface area (Å²) in [6, 6.07) is 16.8. The molecule has 1 N–H and O–H groups in total. The van der Waals surface area contributed by atoms with E-state index in [1.807, 2.05) is 24.4 Å². The fourth-order valence-corrected chi connectivity index (χ4v) is 3.55. The van der Waals surface area contributed by atoms with Gasteiger partial charge in [-0.3, -0.25) is 5.43 Å². The topological polar surface area (TPSA) is 37.3 Å². The standard InChI is InChI=1S/C21H22BrN3S/c1-14(2)12-16-4-6-17(7-5-16)15(3)24-25-21-23-20(13-26-21)18-8-10-19(22)11-9-18/h4-11,13-14H,12H2,1-3H3,(H,23,25). The number of hydrogen-bond donors (Lipinski definition) is 1. The van der Waals surface area contributed by atoms with Crippen molar-refractivity contribution in [3.63, 3.8) is 0 Å². The molecule has 1 heterocycles. The molecule has 0 aliphatic heterocycles. The van der Waals surface area contributed by atoms with Gasteiger partial charge in [0.15, 0.2) is 0 Å². The lowest BCUT2D eigenvalue weighted by Crippen LogP contribution is -2.00. The third-order valence-corrected chi connectivity index (χ3v) is 5.25. The molecule has 5 heteroatoms. The minimum atomic E-state index is 0.669. The summed E-state index contributed by atoms with van der Waals surface area (Å²) in [7, 11) is 0. The Bertz CT molecular complexity index is 880. The Morgan fingerprint density at radius 2 is 1.81 bits per heavy atom. The van der Waals surface area contributed by atoms with E-state index in [-0.39, 0.29) is 0 Å². The largest absolute Gasteiger partial charge is 0.252 e. The van der Waals surface area contributed by atoms with E-state index in [2.05, 4.69) is 81.7 Å². The molecular formula is C21H22BrN3S. The van der Waals surface area contributed by atoms with Crippen LogP contribution in [0.2, 0.25) is 0 Å². The Kier molecular flexibility index (Phi) is 6.22. The number of hydrazone groups is 1. The van der Waals surface area contributed by atoms with Crippen LogP contribution in [-0.2, 0) is 6.42 Å². The van der Waals surface area contributed by atoms with Crippen LogP contribution in [0.3, 0.4) is 0 Å². The van der Waals surface area contributed by atoms with Gasteiger partial charge in [0, 0.05) is 15.4 Å². The van der Waals surface area contributed by atoms with Crippen molar-refractivity contribution in [1.29, 1.82) is 0 Å². The number of nitrogens with zero attached hydrogens (tertiary/aromatic N) is 2. The van der Waals surface area contributed by atoms with Gasteiger partial charge in [-0.25, -0.2) is 4.98 Å². The third kappa shape index (κ3) is 5.02. The summed E-state index contributed by atoms with van der Waals surface area (Å²) >= 11 is 5.01. The smallest absolute Gasteiger partial charge is 0.203 e. The molecule has 3 aromatic rings. The van der Waals surface area contributed by atoms with Crippen molar-refractivity contribution in [3.05, 3.63) is 69.5 Å². The highest BCUT2D eigenvalue weighted by molar-refractivity contribution is 9.10. The highest BCUT2D eigenvalue weighted by Gasteiger charge is 2.05. The number of hydrogen-bond acceptors (Lipinski definition) is 4. The molecule has 0 atom stereocenters. The minimum absolute atomic E-state index is 0.669. The summed E-state index contributed by atoms with van der Waals surface area (Å²) in [5.41, 5.74) is 8.56. The Balaban J connectivity index is 1.66. The monoisotopic (exact) mass is 427 g/mol. The van der Waals surface area contributed by atoms with E-state index in [0.29, 0.717) is 5.92 Å². The van der Waals surface area contributed by atoms with Crippen molar-refractivity contribution in [2.75, 3.05) is 5.43 Å². The van der Waals surface area contributed by atoms with Gasteiger partial charge in [0.25, 0.3) is 0 Å². The normalized spacial score (nSPS) is 11.8. The molecule has 0 aliphatic carbocycles. The molecule has 0 amide bonds. The Morgan fingerprint density at radius 3 is 2.46 bits per heavy atom. The zero-order valence-electron chi connectivity index (χ0n) is 15.2. The van der Waals surface area contributed by atoms with Crippen LogP contribution in [0.15, 0.2) is 63.5 Å². The Hall–Kier alpha value is -1.98. The summed E-state index contributed by atoms with van der Waals surface area (Å²) in [5, 5.41) is 7.31. The molecule has 0 bridgehead atoms. The molecule has 1 aromatic heterocycles. The van der Waals surface area contributed by atoms with E-state index in [1.54, 1.807) is 11.3 Å². The van der Waals surface area contributed by atoms with Crippen molar-refractivity contribution >= 4 is 38.1 Å². The SMILES string of the molecule is CC(=NNc1nc(-c2ccc(Br)cc2)cs1)c1ccc(CC(C)C)cc1. The molecule has 134 valence electrons. The predicted octanol–water partition coefficient (Wildman–Crippen LogP) is 6.61. The average molecular weight is 428 g/mol. The first-order valence-electron chi connectivity index (χ1n) is 8.62. The van der Waals surface area contributed by atoms with Crippen molar-refractivity contribution in [2.24, 2.45) is 11.0 Å². The lowest BCUT2D eigenvalue weighted by molar-refractivity contribution is 0.647. The second-order valence-electron chi connectivity index (χ2n) is 6.65. The zero-order chi connectivity index (χ0) is 18.5. The molecule has 26 heavy (non-hydrogen) atoms. The summed E-state index contributed by atoms with van der Waals surface area (Å²) < 4.78 is 1.06. The Labute approximate surface area is 167 Å². The van der Waals surface area contributed by atoms with E-state index in [9.17, 15) is 0 Å². The van der Waals surface area contributed by atoms with E-state index < -0.39 is 0 Å². The summed E-state index contributed by atoms with van der Waals surface area (Å²) in [4.78, 5) is 4.61. The molecule has 3 nitrogen and oxygen atoms in total. The number of rotatable bonds is 6. The van der Waals surface area contributed by atoms with Crippen LogP contribution < -0.4 is 5.43 Å². The van der Waals surface area contributed by atoms with E-state index in [1.165, 1.54) is 5.56 Å². The van der Waals surface area contributed by atoms with Crippen molar-refractivity contribution < 1.29 is 0 Å². The molecule has 0 fully saturated rings. The maximum atomic E-state index is 4.61. The quantitative estimate of drug-likeness (QED) is 0.354. The second kappa shape index (κ2) is 8.60. The molecule has 0 saturated carbocycles. The van der Waals surface area contributed by atoms with Gasteiger partial charge in [-0.05, 0) is 42.5 Å². The molecule has 0 unspecified atom stereocenters. The van der Waals surface area contributed by atoms with Crippen LogP contribution in [0.1, 0.15) is 31.9 Å². The average Bonchev–Trinajstić information content (AvgIpc) is 3.09. The zero-order valence-corrected chi connectivity index (χ0v) is 17.6. The molecule has 0 saturated heterocycles. The molecule has 3 rings (SSSR count). The maximum absolute atomic E-state index is 4.61. The summed E-state index contributed by atoms with van der Waals surface area (Å²) in [6.45, 7) is 6.48. The lowest BCUT2D eigenvalue weighted by Gasteiger charge is -2.06. The van der Waals surface area contributed by atoms with E-state index in [0.717, 1.165) is 38.6 Å². The number of benzene rings is 2. The van der Waals surface area contributed by atoms with Crippen LogP contribution in [0, 0.1) is 5.92 Å². The molecule has 2 aromatic carbocycles. The van der Waals surface area contributed by atoms with E-state index >= 15 is 0 Å². The highest BCUT2D eigenvalue weighted by Crippen LogP contribution is 2.26. The predicted molar refractivity (Wildman–Crippen MR) is 116 cm³/mol. The molecule has 0 spiro atoms. The van der Waals surface area contributed by atoms with Crippen LogP contribution in [0.25, 0.3) is 11.3 Å². The number of thiazole rings is 1. The van der Waals surface area contributed by atoms with Gasteiger partial charge >= 0.3 is 0 Å². The van der Waals surface area contributed by atoms with Crippen molar-refractivity contribution in [1.82, 2.24) is 4.98 Å². The van der Waals surface area contributed by atoms with Crippen molar-refractivity contribution in [3.8, 4) is 11.3 Å². The first kappa shape index (κ1) is 18.8. The van der Waals surface area contributed by atoms with Gasteiger partial charge in [-0.1, -0.05) is 66.2 Å². The lowest BCUT2D eigenvalue weighted by atomic mass is 10.0. The second-order valence-corrected chi connectivity index (χ2v) is 8.42. The molecular weight excluding hydrogens is 406 g/mol. The fraction of sp³-hybridized carbons (Fsp3) is 0.238. The first-order chi connectivity index (χ1) is 12.5. The summed E-state index contributed by atoms with van der Waals surface area (Å²) in [6.07, 6.45) is 1.10. The van der Waals surface area contributed by atoms with Crippen LogP contribution in [0.4, 0.5) is 5.13 Å². The highest BCUT2D eigenvalue weighted by atomic mass is 79.9. The van der Waals surface area contributed by atoms with Gasteiger partial charge in [0.1, 0.15) is 0 Å². The van der Waals surface area contributed by atoms with Gasteiger partial charge in [0.05, 0.1) is 11.4 Å². The molecule has 0 aliphatic rings. The van der Waals surface area contributed by atoms with E-state index in [4.69, 9.17) is 0 Å². The Morgan fingerprint density at radius 1 is 1.12 bits per heavy atom. The maximum Gasteiger partial charge on any atom is 0.203 e. The molecule has 0 radical (unpaired) electrons. The minimum Gasteiger partial charge on any atom is -0.252 e.